The van der Waals surface area contributed by atoms with Crippen LogP contribution in [0.4, 0.5) is 4.79 Å². The normalized spacial score (nSPS) is 9.83. The Hall–Kier alpha value is -0.820. The molecule has 0 saturated carbocycles. The summed E-state index contributed by atoms with van der Waals surface area (Å²) in [6.07, 6.45) is -0.831. The second-order valence-corrected chi connectivity index (χ2v) is 2.29. The summed E-state index contributed by atoms with van der Waals surface area (Å²) < 4.78 is 32.5. The highest BCUT2D eigenvalue weighted by Gasteiger charge is 2.00. The fraction of sp³-hybridized carbons (Fsp3) is 0.800. The lowest BCUT2D eigenvalue weighted by molar-refractivity contribution is 0.0505. The monoisotopic (exact) mass is 198 g/mol. The zero-order valence-corrected chi connectivity index (χ0v) is 7.41. The van der Waals surface area contributed by atoms with Gasteiger partial charge in [0, 0.05) is 0 Å². The highest BCUT2D eigenvalue weighted by molar-refractivity contribution is 7.67. The molecule has 0 spiro atoms. The Morgan fingerprint density at radius 2 is 1.92 bits per heavy atom. The van der Waals surface area contributed by atoms with E-state index < -0.39 is 17.1 Å². The van der Waals surface area contributed by atoms with Gasteiger partial charge in [-0.1, -0.05) is 0 Å². The zero-order valence-electron chi connectivity index (χ0n) is 6.52. The number of thiol groups is 1. The summed E-state index contributed by atoms with van der Waals surface area (Å²) in [4.78, 5) is 10.4. The Morgan fingerprint density at radius 1 is 1.25 bits per heavy atom. The van der Waals surface area contributed by atoms with Crippen molar-refractivity contribution < 1.29 is 26.9 Å². The molecule has 0 unspecified atom stereocenters. The van der Waals surface area contributed by atoms with Crippen LogP contribution in [-0.4, -0.2) is 34.4 Å². The molecule has 0 atom stereocenters. The minimum atomic E-state index is -2.87. The van der Waals surface area contributed by atoms with Crippen molar-refractivity contribution >= 4 is 17.1 Å². The summed E-state index contributed by atoms with van der Waals surface area (Å²) in [6, 6.07) is 0. The summed E-state index contributed by atoms with van der Waals surface area (Å²) in [7, 11) is -2.87. The van der Waals surface area contributed by atoms with Crippen molar-refractivity contribution in [2.75, 3.05) is 19.8 Å². The quantitative estimate of drug-likeness (QED) is 0.371. The van der Waals surface area contributed by atoms with Gasteiger partial charge in [0.1, 0.15) is 13.2 Å². The van der Waals surface area contributed by atoms with E-state index >= 15 is 0 Å². The highest BCUT2D eigenvalue weighted by Crippen LogP contribution is 1.85. The molecule has 0 aromatic carbocycles. The SMILES string of the molecule is CCOC(=O)OCCO[SH](=O)=O. The van der Waals surface area contributed by atoms with E-state index in [1.165, 1.54) is 0 Å². The molecule has 0 aliphatic heterocycles. The van der Waals surface area contributed by atoms with Gasteiger partial charge in [-0.2, -0.15) is 0 Å². The lowest BCUT2D eigenvalue weighted by Crippen LogP contribution is -2.11. The number of rotatable bonds is 5. The number of carbonyl (C=O) groups excluding carboxylic acids is 1. The van der Waals surface area contributed by atoms with Crippen LogP contribution in [0.5, 0.6) is 0 Å². The molecule has 0 aromatic rings. The van der Waals surface area contributed by atoms with Gasteiger partial charge < -0.3 is 9.47 Å². The first kappa shape index (κ1) is 11.2. The Bertz CT molecular complexity index is 190. The lowest BCUT2D eigenvalue weighted by atomic mass is 10.8. The van der Waals surface area contributed by atoms with E-state index in [2.05, 4.69) is 13.7 Å². The molecule has 0 amide bonds. The van der Waals surface area contributed by atoms with Crippen molar-refractivity contribution in [3.63, 3.8) is 0 Å². The van der Waals surface area contributed by atoms with Crippen LogP contribution < -0.4 is 0 Å². The molecule has 0 fully saturated rings. The van der Waals surface area contributed by atoms with Crippen LogP contribution in [0.2, 0.25) is 0 Å². The van der Waals surface area contributed by atoms with Crippen LogP contribution in [-0.2, 0) is 24.6 Å². The summed E-state index contributed by atoms with van der Waals surface area (Å²) in [5, 5.41) is 0. The van der Waals surface area contributed by atoms with E-state index in [-0.39, 0.29) is 19.8 Å². The van der Waals surface area contributed by atoms with Crippen molar-refractivity contribution in [2.24, 2.45) is 0 Å². The Labute approximate surface area is 71.6 Å². The molecule has 0 aliphatic rings. The van der Waals surface area contributed by atoms with Gasteiger partial charge in [0.2, 0.25) is 0 Å². The van der Waals surface area contributed by atoms with Gasteiger partial charge in [0.25, 0.3) is 11.0 Å². The average molecular weight is 198 g/mol. The van der Waals surface area contributed by atoms with E-state index in [9.17, 15) is 13.2 Å². The number of ether oxygens (including phenoxy) is 2. The number of hydrogen-bond acceptors (Lipinski definition) is 6. The first-order valence-corrected chi connectivity index (χ1v) is 4.33. The zero-order chi connectivity index (χ0) is 9.40. The summed E-state index contributed by atoms with van der Waals surface area (Å²) in [5.41, 5.74) is 0. The van der Waals surface area contributed by atoms with Crippen molar-refractivity contribution in [1.29, 1.82) is 0 Å². The van der Waals surface area contributed by atoms with Crippen LogP contribution in [0, 0.1) is 0 Å². The topological polar surface area (TPSA) is 78.9 Å². The molecule has 0 heterocycles. The third-order valence-electron chi connectivity index (χ3n) is 0.762. The maximum Gasteiger partial charge on any atom is 0.508 e. The van der Waals surface area contributed by atoms with Gasteiger partial charge in [-0.25, -0.2) is 13.2 Å². The molecule has 0 saturated heterocycles. The predicted molar refractivity (Wildman–Crippen MR) is 39.2 cm³/mol. The van der Waals surface area contributed by atoms with Gasteiger partial charge in [0.05, 0.1) is 6.61 Å². The Kier molecular flexibility index (Phi) is 6.39. The highest BCUT2D eigenvalue weighted by atomic mass is 32.2. The molecule has 0 aliphatic carbocycles. The third kappa shape index (κ3) is 7.29. The van der Waals surface area contributed by atoms with Crippen LogP contribution in [0.1, 0.15) is 6.92 Å². The van der Waals surface area contributed by atoms with Gasteiger partial charge in [-0.3, -0.25) is 4.18 Å². The van der Waals surface area contributed by atoms with E-state index in [0.717, 1.165) is 0 Å². The molecule has 0 rings (SSSR count). The van der Waals surface area contributed by atoms with Crippen molar-refractivity contribution in [2.45, 2.75) is 6.92 Å². The predicted octanol–water partition coefficient (Wildman–Crippen LogP) is -0.298. The maximum absolute atomic E-state index is 10.4. The van der Waals surface area contributed by atoms with Gasteiger partial charge >= 0.3 is 6.16 Å². The summed E-state index contributed by atoms with van der Waals surface area (Å²) in [5.74, 6) is 0. The Balaban J connectivity index is 3.25. The molecule has 0 N–H and O–H groups in total. The van der Waals surface area contributed by atoms with Crippen LogP contribution >= 0.6 is 0 Å². The first-order chi connectivity index (χ1) is 5.66. The second kappa shape index (κ2) is 6.86. The van der Waals surface area contributed by atoms with Crippen molar-refractivity contribution in [1.82, 2.24) is 0 Å². The van der Waals surface area contributed by atoms with Gasteiger partial charge in [-0.15, -0.1) is 0 Å². The van der Waals surface area contributed by atoms with Crippen molar-refractivity contribution in [3.8, 4) is 0 Å². The molecular weight excluding hydrogens is 188 g/mol. The molecule has 0 radical (unpaired) electrons. The second-order valence-electron chi connectivity index (χ2n) is 1.59. The van der Waals surface area contributed by atoms with E-state index in [4.69, 9.17) is 0 Å². The van der Waals surface area contributed by atoms with E-state index in [1.807, 2.05) is 0 Å². The first-order valence-electron chi connectivity index (χ1n) is 3.23. The van der Waals surface area contributed by atoms with Crippen LogP contribution in [0.15, 0.2) is 0 Å². The van der Waals surface area contributed by atoms with E-state index in [0.29, 0.717) is 0 Å². The fourth-order valence-electron chi connectivity index (χ4n) is 0.396. The summed E-state index contributed by atoms with van der Waals surface area (Å²) in [6.45, 7) is 1.53. The Morgan fingerprint density at radius 3 is 2.42 bits per heavy atom. The summed E-state index contributed by atoms with van der Waals surface area (Å²) >= 11 is 0. The molecule has 6 nitrogen and oxygen atoms in total. The van der Waals surface area contributed by atoms with Gasteiger partial charge in [0.15, 0.2) is 0 Å². The third-order valence-corrected chi connectivity index (χ3v) is 1.16. The molecule has 7 heteroatoms. The number of carbonyl (C=O) groups is 1. The lowest BCUT2D eigenvalue weighted by Gasteiger charge is -2.01. The molecule has 0 bridgehead atoms. The van der Waals surface area contributed by atoms with Gasteiger partial charge in [-0.05, 0) is 6.92 Å². The molecule has 12 heavy (non-hydrogen) atoms. The molecule has 0 aromatic heterocycles. The largest absolute Gasteiger partial charge is 0.508 e. The maximum atomic E-state index is 10.4. The number of hydrogen-bond donors (Lipinski definition) is 1. The minimum absolute atomic E-state index is 0.137. The fourth-order valence-corrected chi connectivity index (χ4v) is 0.620. The average Bonchev–Trinajstić information content (AvgIpc) is 1.98. The molecular formula is C5H10O6S. The smallest absolute Gasteiger partial charge is 0.435 e. The van der Waals surface area contributed by atoms with Crippen LogP contribution in [0.25, 0.3) is 0 Å². The molecule has 72 valence electrons. The van der Waals surface area contributed by atoms with Crippen molar-refractivity contribution in [3.05, 3.63) is 0 Å². The standard InChI is InChI=1S/C5H10O6S/c1-2-9-5(6)10-3-4-11-12(7)8/h12H,2-4H2,1H3. The minimum Gasteiger partial charge on any atom is -0.435 e. The van der Waals surface area contributed by atoms with Crippen LogP contribution in [0.3, 0.4) is 0 Å². The van der Waals surface area contributed by atoms with E-state index in [1.54, 1.807) is 6.92 Å².